The predicted molar refractivity (Wildman–Crippen MR) is 270 cm³/mol. The maximum atomic E-state index is 12.8. The van der Waals surface area contributed by atoms with Gasteiger partial charge in [-0.3, -0.25) is 13.8 Å². The summed E-state index contributed by atoms with van der Waals surface area (Å²) in [5.41, 5.74) is 0. The average molecular weight is 905 g/mol. The molecule has 2 atom stereocenters. The second-order valence-corrected chi connectivity index (χ2v) is 19.6. The lowest BCUT2D eigenvalue weighted by Crippen LogP contribution is -2.37. The highest BCUT2D eigenvalue weighted by Gasteiger charge is 2.26. The van der Waals surface area contributed by atoms with Gasteiger partial charge in [0.15, 0.2) is 0 Å². The highest BCUT2D eigenvalue weighted by molar-refractivity contribution is 7.47. The minimum Gasteiger partial charge on any atom is -0.457 e. The monoisotopic (exact) mass is 905 g/mol. The molecule has 0 aromatic carbocycles. The summed E-state index contributed by atoms with van der Waals surface area (Å²) < 4.78 is 35.1. The Balaban J connectivity index is 4.20. The first-order chi connectivity index (χ1) is 30.6. The number of nitrogens with zero attached hydrogens (tertiary/aromatic N) is 1. The van der Waals surface area contributed by atoms with Gasteiger partial charge in [0.2, 0.25) is 0 Å². The number of allylic oxidation sites excluding steroid dienone is 12. The van der Waals surface area contributed by atoms with Crippen LogP contribution in [0.2, 0.25) is 0 Å². The van der Waals surface area contributed by atoms with Gasteiger partial charge in [0.05, 0.1) is 34.4 Å². The van der Waals surface area contributed by atoms with Crippen LogP contribution in [0, 0.1) is 0 Å². The zero-order valence-electron chi connectivity index (χ0n) is 41.5. The summed E-state index contributed by atoms with van der Waals surface area (Å²) >= 11 is 0. The minimum absolute atomic E-state index is 0.0820. The lowest BCUT2D eigenvalue weighted by atomic mass is 10.1. The topological polar surface area (TPSA) is 91.3 Å². The number of hydrogen-bond acceptors (Lipinski definition) is 6. The molecule has 0 amide bonds. The molecule has 0 aromatic rings. The summed E-state index contributed by atoms with van der Waals surface area (Å²) in [6.45, 7) is 5.47. The number of carbonyl (C=O) groups excluding carboxylic acids is 1. The molecule has 0 aromatic heterocycles. The summed E-state index contributed by atoms with van der Waals surface area (Å²) in [5.74, 6) is -0.323. The maximum absolute atomic E-state index is 12.8. The minimum atomic E-state index is -4.29. The van der Waals surface area contributed by atoms with Crippen LogP contribution in [0.1, 0.15) is 206 Å². The van der Waals surface area contributed by atoms with Crippen LogP contribution in [0.25, 0.3) is 0 Å². The van der Waals surface area contributed by atoms with Crippen LogP contribution in [0.15, 0.2) is 72.9 Å². The largest absolute Gasteiger partial charge is 0.472 e. The Kier molecular flexibility index (Phi) is 44.9. The Hall–Kier alpha value is -2.06. The number of quaternary nitrogens is 1. The van der Waals surface area contributed by atoms with E-state index in [9.17, 15) is 14.3 Å². The van der Waals surface area contributed by atoms with Crippen molar-refractivity contribution in [1.29, 1.82) is 0 Å². The molecular formula is C54H99NO7P+. The van der Waals surface area contributed by atoms with E-state index in [0.29, 0.717) is 24.1 Å². The molecule has 8 nitrogen and oxygen atoms in total. The second kappa shape index (κ2) is 46.5. The third kappa shape index (κ3) is 50.8. The van der Waals surface area contributed by atoms with E-state index in [1.807, 2.05) is 21.1 Å². The lowest BCUT2D eigenvalue weighted by molar-refractivity contribution is -0.870. The van der Waals surface area contributed by atoms with Gasteiger partial charge in [0, 0.05) is 13.0 Å². The first-order valence-electron chi connectivity index (χ1n) is 25.7. The Morgan fingerprint density at radius 1 is 0.508 bits per heavy atom. The number of phosphoric acid groups is 1. The molecule has 0 aliphatic carbocycles. The SMILES string of the molecule is CC/C=C\C/C=C\C/C=C\C/C=C\C/C=C\CCCCCCCCOCC(COP(=O)(O)OCC[N+](C)(C)C)OC(=O)CCCCCCCCCCC/C=C\CCCCCCCC. The molecule has 2 unspecified atom stereocenters. The summed E-state index contributed by atoms with van der Waals surface area (Å²) in [6.07, 6.45) is 60.9. The van der Waals surface area contributed by atoms with Crippen molar-refractivity contribution >= 4 is 13.8 Å². The highest BCUT2D eigenvalue weighted by Crippen LogP contribution is 2.43. The molecule has 0 saturated carbocycles. The molecule has 0 saturated heterocycles. The van der Waals surface area contributed by atoms with Gasteiger partial charge in [0.1, 0.15) is 19.3 Å². The fourth-order valence-electron chi connectivity index (χ4n) is 6.81. The average Bonchev–Trinajstić information content (AvgIpc) is 3.24. The van der Waals surface area contributed by atoms with Gasteiger partial charge in [-0.2, -0.15) is 0 Å². The van der Waals surface area contributed by atoms with Crippen molar-refractivity contribution in [3.05, 3.63) is 72.9 Å². The van der Waals surface area contributed by atoms with E-state index < -0.39 is 13.9 Å². The van der Waals surface area contributed by atoms with Crippen LogP contribution < -0.4 is 0 Å². The first kappa shape index (κ1) is 60.9. The third-order valence-electron chi connectivity index (χ3n) is 10.8. The summed E-state index contributed by atoms with van der Waals surface area (Å²) in [4.78, 5) is 23.0. The first-order valence-corrected chi connectivity index (χ1v) is 27.2. The van der Waals surface area contributed by atoms with Gasteiger partial charge < -0.3 is 18.9 Å². The van der Waals surface area contributed by atoms with Crippen LogP contribution in [-0.2, 0) is 27.9 Å². The quantitative estimate of drug-likeness (QED) is 0.0214. The van der Waals surface area contributed by atoms with E-state index in [0.717, 1.165) is 77.0 Å². The Morgan fingerprint density at radius 3 is 1.40 bits per heavy atom. The summed E-state index contributed by atoms with van der Waals surface area (Å²) in [6, 6.07) is 0. The van der Waals surface area contributed by atoms with Crippen molar-refractivity contribution in [2.24, 2.45) is 0 Å². The van der Waals surface area contributed by atoms with Crippen molar-refractivity contribution in [3.63, 3.8) is 0 Å². The molecular weight excluding hydrogens is 806 g/mol. The molecule has 0 bridgehead atoms. The van der Waals surface area contributed by atoms with Gasteiger partial charge in [-0.15, -0.1) is 0 Å². The van der Waals surface area contributed by atoms with Gasteiger partial charge in [-0.05, 0) is 83.5 Å². The van der Waals surface area contributed by atoms with Crippen molar-refractivity contribution in [1.82, 2.24) is 0 Å². The Bertz CT molecular complexity index is 1230. The van der Waals surface area contributed by atoms with Crippen LogP contribution in [0.4, 0.5) is 0 Å². The van der Waals surface area contributed by atoms with E-state index in [1.54, 1.807) is 0 Å². The molecule has 0 fully saturated rings. The fraction of sp³-hybridized carbons (Fsp3) is 0.759. The Labute approximate surface area is 389 Å². The number of rotatable bonds is 47. The standard InChI is InChI=1S/C54H98NO7P/c1-6-8-10-12-14-16-18-20-22-24-26-27-28-30-32-34-36-38-40-42-44-46-49-59-51-53(52-61-63(57,58)60-50-48-55(3,4)5)62-54(56)47-45-43-41-39-37-35-33-31-29-25-23-21-19-17-15-13-11-9-7-2/h8,10,14,16,20-23,26-27,30,32,53H,6-7,9,11-13,15,17-19,24-25,28-29,31,33-52H2,1-5H3/p+1/b10-8-,16-14-,22-20-,23-21-,27-26-,32-30-. The van der Waals surface area contributed by atoms with Crippen LogP contribution in [-0.4, -0.2) is 75.6 Å². The highest BCUT2D eigenvalue weighted by atomic mass is 31.2. The van der Waals surface area contributed by atoms with E-state index in [4.69, 9.17) is 18.5 Å². The fourth-order valence-corrected chi connectivity index (χ4v) is 7.55. The summed E-state index contributed by atoms with van der Waals surface area (Å²) in [7, 11) is 1.65. The third-order valence-corrected chi connectivity index (χ3v) is 11.7. The van der Waals surface area contributed by atoms with Crippen LogP contribution in [0.3, 0.4) is 0 Å². The Morgan fingerprint density at radius 2 is 0.921 bits per heavy atom. The molecule has 0 aliphatic heterocycles. The maximum Gasteiger partial charge on any atom is 0.472 e. The van der Waals surface area contributed by atoms with E-state index in [1.165, 1.54) is 109 Å². The van der Waals surface area contributed by atoms with Crippen LogP contribution >= 0.6 is 7.82 Å². The molecule has 0 radical (unpaired) electrons. The summed E-state index contributed by atoms with van der Waals surface area (Å²) in [5, 5.41) is 0. The number of likely N-dealkylation sites (N-methyl/N-ethyl adjacent to an activating group) is 1. The number of phosphoric ester groups is 1. The van der Waals surface area contributed by atoms with Crippen molar-refractivity contribution in [2.75, 3.05) is 54.1 Å². The lowest BCUT2D eigenvalue weighted by Gasteiger charge is -2.24. The van der Waals surface area contributed by atoms with Crippen molar-refractivity contribution < 1.29 is 37.3 Å². The molecule has 366 valence electrons. The second-order valence-electron chi connectivity index (χ2n) is 18.2. The molecule has 1 N–H and O–H groups in total. The van der Waals surface area contributed by atoms with Gasteiger partial charge >= 0.3 is 13.8 Å². The number of carbonyl (C=O) groups is 1. The normalized spacial score (nSPS) is 14.2. The zero-order chi connectivity index (χ0) is 46.2. The smallest absolute Gasteiger partial charge is 0.457 e. The van der Waals surface area contributed by atoms with E-state index in [-0.39, 0.29) is 25.8 Å². The van der Waals surface area contributed by atoms with Gasteiger partial charge in [-0.25, -0.2) is 4.57 Å². The van der Waals surface area contributed by atoms with Crippen LogP contribution in [0.5, 0.6) is 0 Å². The molecule has 9 heteroatoms. The van der Waals surface area contributed by atoms with Gasteiger partial charge in [-0.1, -0.05) is 189 Å². The molecule has 0 rings (SSSR count). The molecule has 0 aliphatic rings. The zero-order valence-corrected chi connectivity index (χ0v) is 42.4. The van der Waals surface area contributed by atoms with Crippen molar-refractivity contribution in [2.45, 2.75) is 213 Å². The number of hydrogen-bond donors (Lipinski definition) is 1. The number of unbranched alkanes of at least 4 members (excludes halogenated alkanes) is 21. The van der Waals surface area contributed by atoms with Gasteiger partial charge in [0.25, 0.3) is 0 Å². The molecule has 0 spiro atoms. The number of ether oxygens (including phenoxy) is 2. The number of esters is 1. The molecule has 0 heterocycles. The van der Waals surface area contributed by atoms with E-state index >= 15 is 0 Å². The predicted octanol–water partition coefficient (Wildman–Crippen LogP) is 15.8. The molecule has 63 heavy (non-hydrogen) atoms. The van der Waals surface area contributed by atoms with Crippen molar-refractivity contribution in [3.8, 4) is 0 Å². The van der Waals surface area contributed by atoms with E-state index in [2.05, 4.69) is 86.8 Å².